The Kier molecular flexibility index (Phi) is 3.97. The maximum absolute atomic E-state index is 11.5. The Morgan fingerprint density at radius 2 is 2.07 bits per heavy atom. The molecule has 0 aliphatic carbocycles. The first-order valence-electron chi connectivity index (χ1n) is 4.07. The molecule has 0 saturated carbocycles. The smallest absolute Gasteiger partial charge is 0.243 e. The van der Waals surface area contributed by atoms with Crippen molar-refractivity contribution in [1.29, 1.82) is 0 Å². The highest BCUT2D eigenvalue weighted by Gasteiger charge is 2.15. The molecule has 0 amide bonds. The molecule has 8 heteroatoms. The van der Waals surface area contributed by atoms with Crippen LogP contribution in [0.5, 0.6) is 0 Å². The van der Waals surface area contributed by atoms with Gasteiger partial charge in [-0.15, -0.1) is 0 Å². The van der Waals surface area contributed by atoms with Crippen LogP contribution in [-0.4, -0.2) is 36.1 Å². The van der Waals surface area contributed by atoms with Gasteiger partial charge in [0.1, 0.15) is 4.90 Å². The Balaban J connectivity index is 2.82. The van der Waals surface area contributed by atoms with Crippen LogP contribution < -0.4 is 4.72 Å². The number of halogens is 1. The van der Waals surface area contributed by atoms with Crippen molar-refractivity contribution in [2.45, 2.75) is 17.9 Å². The van der Waals surface area contributed by atoms with Crippen LogP contribution in [0.15, 0.2) is 17.3 Å². The van der Waals surface area contributed by atoms with Gasteiger partial charge in [0, 0.05) is 6.54 Å². The lowest BCUT2D eigenvalue weighted by molar-refractivity contribution is 0.198. The Bertz CT molecular complexity index is 418. The van der Waals surface area contributed by atoms with Crippen molar-refractivity contribution in [1.82, 2.24) is 14.7 Å². The molecule has 0 aliphatic rings. The third kappa shape index (κ3) is 3.71. The van der Waals surface area contributed by atoms with Crippen LogP contribution in [-0.2, 0) is 10.0 Å². The Hall–Kier alpha value is -0.760. The molecule has 0 radical (unpaired) electrons. The van der Waals surface area contributed by atoms with Gasteiger partial charge in [-0.2, -0.15) is 0 Å². The number of nitrogens with one attached hydrogen (secondary N) is 1. The lowest BCUT2D eigenvalue weighted by atomic mass is 10.4. The molecule has 0 aliphatic heterocycles. The highest BCUT2D eigenvalue weighted by molar-refractivity contribution is 7.89. The molecule has 1 aromatic rings. The van der Waals surface area contributed by atoms with Gasteiger partial charge in [0.2, 0.25) is 15.3 Å². The van der Waals surface area contributed by atoms with Crippen molar-refractivity contribution in [3.05, 3.63) is 17.7 Å². The molecule has 0 spiro atoms. The summed E-state index contributed by atoms with van der Waals surface area (Å²) in [6.07, 6.45) is 1.44. The van der Waals surface area contributed by atoms with E-state index in [2.05, 4.69) is 14.7 Å². The van der Waals surface area contributed by atoms with Crippen molar-refractivity contribution >= 4 is 21.6 Å². The highest BCUT2D eigenvalue weighted by atomic mass is 35.5. The van der Waals surface area contributed by atoms with E-state index in [0.29, 0.717) is 0 Å². The molecule has 0 saturated heterocycles. The molecule has 0 aromatic carbocycles. The van der Waals surface area contributed by atoms with E-state index >= 15 is 0 Å². The first-order chi connectivity index (χ1) is 6.92. The average molecular weight is 252 g/mol. The summed E-state index contributed by atoms with van der Waals surface area (Å²) < 4.78 is 25.2. The molecule has 6 nitrogen and oxygen atoms in total. The van der Waals surface area contributed by atoms with Crippen LogP contribution >= 0.6 is 11.6 Å². The topological polar surface area (TPSA) is 92.2 Å². The predicted octanol–water partition coefficient (Wildman–Crippen LogP) is -0.211. The van der Waals surface area contributed by atoms with Crippen LogP contribution in [0.3, 0.4) is 0 Å². The second-order valence-electron chi connectivity index (χ2n) is 2.89. The Morgan fingerprint density at radius 3 is 2.53 bits per heavy atom. The number of nitrogens with zero attached hydrogens (tertiary/aromatic N) is 2. The van der Waals surface area contributed by atoms with Crippen molar-refractivity contribution < 1.29 is 13.5 Å². The van der Waals surface area contributed by atoms with Gasteiger partial charge >= 0.3 is 0 Å². The van der Waals surface area contributed by atoms with E-state index in [1.165, 1.54) is 6.92 Å². The number of rotatable bonds is 4. The van der Waals surface area contributed by atoms with Gasteiger partial charge in [-0.05, 0) is 18.5 Å². The standard InChI is InChI=1S/C7H10ClN3O3S/c1-5(12)2-11-15(13,14)6-3-9-7(8)10-4-6/h3-5,11-12H,2H2,1H3. The Labute approximate surface area is 92.4 Å². The average Bonchev–Trinajstić information content (AvgIpc) is 2.16. The molecule has 1 heterocycles. The number of hydrogen-bond acceptors (Lipinski definition) is 5. The van der Waals surface area contributed by atoms with Crippen molar-refractivity contribution in [3.8, 4) is 0 Å². The van der Waals surface area contributed by atoms with Crippen LogP contribution in [0.2, 0.25) is 5.28 Å². The molecule has 15 heavy (non-hydrogen) atoms. The second kappa shape index (κ2) is 4.84. The number of sulfonamides is 1. The van der Waals surface area contributed by atoms with Gasteiger partial charge in [-0.1, -0.05) is 0 Å². The summed E-state index contributed by atoms with van der Waals surface area (Å²) in [6, 6.07) is 0. The first-order valence-corrected chi connectivity index (χ1v) is 5.93. The minimum atomic E-state index is -3.67. The summed E-state index contributed by atoms with van der Waals surface area (Å²) in [5.74, 6) is 0. The first kappa shape index (κ1) is 12.3. The van der Waals surface area contributed by atoms with Gasteiger partial charge < -0.3 is 5.11 Å². The van der Waals surface area contributed by atoms with Gasteiger partial charge in [0.15, 0.2) is 0 Å². The summed E-state index contributed by atoms with van der Waals surface area (Å²) in [4.78, 5) is 7.00. The number of aromatic nitrogens is 2. The number of aliphatic hydroxyl groups is 1. The van der Waals surface area contributed by atoms with Gasteiger partial charge in [0.05, 0.1) is 18.5 Å². The lowest BCUT2D eigenvalue weighted by Gasteiger charge is -2.07. The molecule has 84 valence electrons. The van der Waals surface area contributed by atoms with Crippen molar-refractivity contribution in [2.24, 2.45) is 0 Å². The zero-order valence-corrected chi connectivity index (χ0v) is 9.46. The molecule has 2 N–H and O–H groups in total. The van der Waals surface area contributed by atoms with E-state index in [0.717, 1.165) is 12.4 Å². The lowest BCUT2D eigenvalue weighted by Crippen LogP contribution is -2.30. The Morgan fingerprint density at radius 1 is 1.53 bits per heavy atom. The van der Waals surface area contributed by atoms with E-state index in [9.17, 15) is 8.42 Å². The van der Waals surface area contributed by atoms with E-state index in [-0.39, 0.29) is 16.7 Å². The fraction of sp³-hybridized carbons (Fsp3) is 0.429. The van der Waals surface area contributed by atoms with Gasteiger partial charge in [0.25, 0.3) is 0 Å². The fourth-order valence-electron chi connectivity index (χ4n) is 0.753. The second-order valence-corrected chi connectivity index (χ2v) is 4.99. The molecular formula is C7H10ClN3O3S. The predicted molar refractivity (Wildman–Crippen MR) is 53.9 cm³/mol. The SMILES string of the molecule is CC(O)CNS(=O)(=O)c1cnc(Cl)nc1. The summed E-state index contributed by atoms with van der Waals surface area (Å²) >= 11 is 5.41. The quantitative estimate of drug-likeness (QED) is 0.723. The van der Waals surface area contributed by atoms with Crippen molar-refractivity contribution in [3.63, 3.8) is 0 Å². The normalized spacial score (nSPS) is 13.8. The zero-order valence-electron chi connectivity index (χ0n) is 7.88. The summed E-state index contributed by atoms with van der Waals surface area (Å²) in [6.45, 7) is 1.41. The summed E-state index contributed by atoms with van der Waals surface area (Å²) in [7, 11) is -3.67. The molecule has 1 unspecified atom stereocenters. The molecule has 1 rings (SSSR count). The molecular weight excluding hydrogens is 242 g/mol. The fourth-order valence-corrected chi connectivity index (χ4v) is 1.86. The van der Waals surface area contributed by atoms with E-state index < -0.39 is 16.1 Å². The van der Waals surface area contributed by atoms with Gasteiger partial charge in [-0.25, -0.2) is 23.1 Å². The number of aliphatic hydroxyl groups excluding tert-OH is 1. The van der Waals surface area contributed by atoms with Gasteiger partial charge in [-0.3, -0.25) is 0 Å². The van der Waals surface area contributed by atoms with E-state index in [1.54, 1.807) is 0 Å². The molecule has 0 bridgehead atoms. The van der Waals surface area contributed by atoms with Crippen LogP contribution in [0.4, 0.5) is 0 Å². The largest absolute Gasteiger partial charge is 0.392 e. The van der Waals surface area contributed by atoms with Crippen LogP contribution in [0.25, 0.3) is 0 Å². The van der Waals surface area contributed by atoms with E-state index in [1.807, 2.05) is 0 Å². The van der Waals surface area contributed by atoms with Crippen LogP contribution in [0, 0.1) is 0 Å². The van der Waals surface area contributed by atoms with Crippen LogP contribution in [0.1, 0.15) is 6.92 Å². The maximum Gasteiger partial charge on any atom is 0.243 e. The number of hydrogen-bond donors (Lipinski definition) is 2. The minimum Gasteiger partial charge on any atom is -0.392 e. The van der Waals surface area contributed by atoms with E-state index in [4.69, 9.17) is 16.7 Å². The third-order valence-corrected chi connectivity index (χ3v) is 3.05. The molecule has 1 atom stereocenters. The monoisotopic (exact) mass is 251 g/mol. The summed E-state index contributed by atoms with van der Waals surface area (Å²) in [5.41, 5.74) is 0. The molecule has 0 fully saturated rings. The highest BCUT2D eigenvalue weighted by Crippen LogP contribution is 2.07. The third-order valence-electron chi connectivity index (χ3n) is 1.48. The minimum absolute atomic E-state index is 0.0236. The summed E-state index contributed by atoms with van der Waals surface area (Å²) in [5, 5.41) is 8.90. The molecule has 1 aromatic heterocycles. The maximum atomic E-state index is 11.5. The zero-order chi connectivity index (χ0) is 11.5. The van der Waals surface area contributed by atoms with Crippen molar-refractivity contribution in [2.75, 3.05) is 6.54 Å².